The van der Waals surface area contributed by atoms with Gasteiger partial charge in [0.2, 0.25) is 0 Å². The number of alkyl halides is 3. The van der Waals surface area contributed by atoms with Crippen molar-refractivity contribution in [2.75, 3.05) is 0 Å². The van der Waals surface area contributed by atoms with Crippen molar-refractivity contribution in [2.45, 2.75) is 42.4 Å². The van der Waals surface area contributed by atoms with E-state index in [0.29, 0.717) is 23.8 Å². The van der Waals surface area contributed by atoms with Gasteiger partial charge in [0, 0.05) is 18.2 Å². The van der Waals surface area contributed by atoms with E-state index in [9.17, 15) is 13.2 Å². The average molecular weight is 339 g/mol. The maximum atomic E-state index is 12.8. The first-order valence-corrected chi connectivity index (χ1v) is 8.30. The predicted molar refractivity (Wildman–Crippen MR) is 83.2 cm³/mol. The number of hydrogen-bond donors (Lipinski definition) is 0. The SMILES string of the molecule is C=CCn1c(SCc2cccc(C(F)(F)F)c2)nnc1C1CC1. The third-order valence-electron chi connectivity index (χ3n) is 3.62. The lowest BCUT2D eigenvalue weighted by atomic mass is 10.1. The molecule has 1 aliphatic rings. The second-order valence-electron chi connectivity index (χ2n) is 5.50. The van der Waals surface area contributed by atoms with Crippen molar-refractivity contribution in [3.63, 3.8) is 0 Å². The number of aromatic nitrogens is 3. The Morgan fingerprint density at radius 3 is 2.74 bits per heavy atom. The van der Waals surface area contributed by atoms with Gasteiger partial charge in [-0.25, -0.2) is 0 Å². The van der Waals surface area contributed by atoms with Gasteiger partial charge in [-0.1, -0.05) is 36.0 Å². The van der Waals surface area contributed by atoms with E-state index in [1.807, 2.05) is 4.57 Å². The first kappa shape index (κ1) is 16.1. The van der Waals surface area contributed by atoms with Gasteiger partial charge >= 0.3 is 6.18 Å². The largest absolute Gasteiger partial charge is 0.416 e. The van der Waals surface area contributed by atoms with E-state index in [1.54, 1.807) is 12.1 Å². The smallest absolute Gasteiger partial charge is 0.302 e. The summed E-state index contributed by atoms with van der Waals surface area (Å²) in [4.78, 5) is 0. The molecule has 3 rings (SSSR count). The summed E-state index contributed by atoms with van der Waals surface area (Å²) in [6.45, 7) is 4.36. The zero-order chi connectivity index (χ0) is 16.4. The normalized spacial score (nSPS) is 14.9. The van der Waals surface area contributed by atoms with E-state index in [-0.39, 0.29) is 0 Å². The molecule has 1 aromatic carbocycles. The van der Waals surface area contributed by atoms with Crippen LogP contribution in [0.1, 0.15) is 35.7 Å². The van der Waals surface area contributed by atoms with Gasteiger partial charge in [0.25, 0.3) is 0 Å². The predicted octanol–water partition coefficient (Wildman–Crippen LogP) is 4.65. The van der Waals surface area contributed by atoms with Gasteiger partial charge in [0.15, 0.2) is 5.16 Å². The Bertz CT molecular complexity index is 705. The van der Waals surface area contributed by atoms with Crippen LogP contribution in [0.25, 0.3) is 0 Å². The van der Waals surface area contributed by atoms with Crippen LogP contribution in [0.15, 0.2) is 42.1 Å². The molecule has 1 saturated carbocycles. The molecule has 0 saturated heterocycles. The summed E-state index contributed by atoms with van der Waals surface area (Å²) >= 11 is 1.40. The lowest BCUT2D eigenvalue weighted by Crippen LogP contribution is -2.05. The van der Waals surface area contributed by atoms with Crippen LogP contribution in [-0.4, -0.2) is 14.8 Å². The summed E-state index contributed by atoms with van der Waals surface area (Å²) in [7, 11) is 0. The molecule has 1 fully saturated rings. The van der Waals surface area contributed by atoms with Gasteiger partial charge < -0.3 is 4.57 Å². The fourth-order valence-electron chi connectivity index (χ4n) is 2.34. The molecular formula is C16H16F3N3S. The molecule has 23 heavy (non-hydrogen) atoms. The topological polar surface area (TPSA) is 30.7 Å². The molecule has 2 aromatic rings. The Balaban J connectivity index is 1.74. The molecule has 0 atom stereocenters. The van der Waals surface area contributed by atoms with Crippen molar-refractivity contribution >= 4 is 11.8 Å². The first-order chi connectivity index (χ1) is 11.0. The molecule has 0 amide bonds. The summed E-state index contributed by atoms with van der Waals surface area (Å²) in [5.74, 6) is 1.84. The van der Waals surface area contributed by atoms with Crippen LogP contribution in [0.3, 0.4) is 0 Å². The molecule has 1 aromatic heterocycles. The maximum Gasteiger partial charge on any atom is 0.416 e. The molecule has 0 aliphatic heterocycles. The van der Waals surface area contributed by atoms with Gasteiger partial charge in [-0.2, -0.15) is 13.2 Å². The third kappa shape index (κ3) is 3.77. The molecule has 1 aliphatic carbocycles. The van der Waals surface area contributed by atoms with Crippen LogP contribution in [0.4, 0.5) is 13.2 Å². The quantitative estimate of drug-likeness (QED) is 0.567. The summed E-state index contributed by atoms with van der Waals surface area (Å²) in [6.07, 6.45) is -0.298. The Morgan fingerprint density at radius 2 is 2.09 bits per heavy atom. The minimum absolute atomic E-state index is 0.420. The zero-order valence-corrected chi connectivity index (χ0v) is 13.2. The second kappa shape index (κ2) is 6.39. The molecule has 0 bridgehead atoms. The molecule has 0 radical (unpaired) electrons. The Labute approximate surface area is 136 Å². The van der Waals surface area contributed by atoms with E-state index < -0.39 is 11.7 Å². The summed E-state index contributed by atoms with van der Waals surface area (Å²) < 4.78 is 40.3. The van der Waals surface area contributed by atoms with Gasteiger partial charge in [-0.05, 0) is 24.5 Å². The van der Waals surface area contributed by atoms with Crippen LogP contribution in [0, 0.1) is 0 Å². The van der Waals surface area contributed by atoms with E-state index in [2.05, 4.69) is 16.8 Å². The minimum Gasteiger partial charge on any atom is -0.302 e. The van der Waals surface area contributed by atoms with Gasteiger partial charge in [0.05, 0.1) is 5.56 Å². The maximum absolute atomic E-state index is 12.8. The molecule has 7 heteroatoms. The van der Waals surface area contributed by atoms with Crippen molar-refractivity contribution < 1.29 is 13.2 Å². The highest BCUT2D eigenvalue weighted by atomic mass is 32.2. The number of hydrogen-bond acceptors (Lipinski definition) is 3. The number of nitrogens with zero attached hydrogens (tertiary/aromatic N) is 3. The summed E-state index contributed by atoms with van der Waals surface area (Å²) in [5, 5.41) is 9.14. The van der Waals surface area contributed by atoms with E-state index in [4.69, 9.17) is 0 Å². The Morgan fingerprint density at radius 1 is 1.30 bits per heavy atom. The second-order valence-corrected chi connectivity index (χ2v) is 6.44. The minimum atomic E-state index is -4.32. The molecule has 122 valence electrons. The molecule has 0 spiro atoms. The Hall–Kier alpha value is -1.76. The van der Waals surface area contributed by atoms with Crippen LogP contribution in [0.5, 0.6) is 0 Å². The monoisotopic (exact) mass is 339 g/mol. The van der Waals surface area contributed by atoms with E-state index in [0.717, 1.165) is 29.9 Å². The zero-order valence-electron chi connectivity index (χ0n) is 12.4. The highest BCUT2D eigenvalue weighted by Crippen LogP contribution is 2.40. The Kier molecular flexibility index (Phi) is 4.48. The summed E-state index contributed by atoms with van der Waals surface area (Å²) in [6, 6.07) is 5.39. The van der Waals surface area contributed by atoms with Crippen molar-refractivity contribution in [1.29, 1.82) is 0 Å². The van der Waals surface area contributed by atoms with Gasteiger partial charge in [-0.3, -0.25) is 0 Å². The van der Waals surface area contributed by atoms with E-state index >= 15 is 0 Å². The number of rotatable bonds is 6. The van der Waals surface area contributed by atoms with Crippen LogP contribution < -0.4 is 0 Å². The number of thioether (sulfide) groups is 1. The van der Waals surface area contributed by atoms with Crippen molar-refractivity contribution in [2.24, 2.45) is 0 Å². The lowest BCUT2D eigenvalue weighted by Gasteiger charge is -2.09. The van der Waals surface area contributed by atoms with Gasteiger partial charge in [0.1, 0.15) is 5.82 Å². The number of allylic oxidation sites excluding steroid dienone is 1. The lowest BCUT2D eigenvalue weighted by molar-refractivity contribution is -0.137. The van der Waals surface area contributed by atoms with Crippen LogP contribution in [-0.2, 0) is 18.5 Å². The fraction of sp³-hybridized carbons (Fsp3) is 0.375. The van der Waals surface area contributed by atoms with Crippen molar-refractivity contribution in [1.82, 2.24) is 14.8 Å². The van der Waals surface area contributed by atoms with Crippen molar-refractivity contribution in [3.05, 3.63) is 53.9 Å². The standard InChI is InChI=1S/C16H16F3N3S/c1-2-8-22-14(12-6-7-12)20-21-15(22)23-10-11-4-3-5-13(9-11)16(17,18)19/h2-5,9,12H,1,6-8,10H2. The number of benzene rings is 1. The first-order valence-electron chi connectivity index (χ1n) is 7.32. The molecule has 1 heterocycles. The van der Waals surface area contributed by atoms with E-state index in [1.165, 1.54) is 23.9 Å². The fourth-order valence-corrected chi connectivity index (χ4v) is 3.23. The summed E-state index contributed by atoms with van der Waals surface area (Å²) in [5.41, 5.74) is -0.00669. The third-order valence-corrected chi connectivity index (χ3v) is 4.66. The van der Waals surface area contributed by atoms with Crippen LogP contribution in [0.2, 0.25) is 0 Å². The highest BCUT2D eigenvalue weighted by Gasteiger charge is 2.31. The highest BCUT2D eigenvalue weighted by molar-refractivity contribution is 7.98. The molecular weight excluding hydrogens is 323 g/mol. The van der Waals surface area contributed by atoms with Crippen LogP contribution >= 0.6 is 11.8 Å². The van der Waals surface area contributed by atoms with Crippen molar-refractivity contribution in [3.8, 4) is 0 Å². The number of halogens is 3. The van der Waals surface area contributed by atoms with Gasteiger partial charge in [-0.15, -0.1) is 16.8 Å². The molecule has 0 unspecified atom stereocenters. The molecule has 0 N–H and O–H groups in total. The molecule has 3 nitrogen and oxygen atoms in total. The average Bonchev–Trinajstić information content (AvgIpc) is 3.28.